The van der Waals surface area contributed by atoms with E-state index in [2.05, 4.69) is 15.2 Å². The van der Waals surface area contributed by atoms with Gasteiger partial charge in [-0.05, 0) is 38.5 Å². The van der Waals surface area contributed by atoms with Crippen molar-refractivity contribution in [3.05, 3.63) is 20.8 Å². The van der Waals surface area contributed by atoms with Crippen LogP contribution in [0.1, 0.15) is 44.9 Å². The molecule has 0 radical (unpaired) electrons. The van der Waals surface area contributed by atoms with Crippen molar-refractivity contribution in [1.82, 2.24) is 24.0 Å². The lowest BCUT2D eigenvalue weighted by Crippen LogP contribution is -2.75. The normalized spacial score (nSPS) is 18.0. The smallest absolute Gasteiger partial charge is 0.332 e. The highest BCUT2D eigenvalue weighted by molar-refractivity contribution is 5.77. The van der Waals surface area contributed by atoms with Crippen molar-refractivity contribution in [2.45, 2.75) is 51.5 Å². The van der Waals surface area contributed by atoms with E-state index in [0.29, 0.717) is 24.3 Å². The van der Waals surface area contributed by atoms with Crippen LogP contribution in [0.3, 0.4) is 0 Å². The van der Waals surface area contributed by atoms with Gasteiger partial charge in [-0.15, -0.1) is 0 Å². The summed E-state index contributed by atoms with van der Waals surface area (Å²) in [4.78, 5) is 35.8. The van der Waals surface area contributed by atoms with Crippen molar-refractivity contribution in [1.29, 1.82) is 0 Å². The first-order valence-electron chi connectivity index (χ1n) is 10.8. The minimum Gasteiger partial charge on any atom is -0.342 e. The highest BCUT2D eigenvalue weighted by Crippen LogP contribution is 2.22. The maximum Gasteiger partial charge on any atom is 0.332 e. The molecule has 1 saturated heterocycles. The molecule has 158 valence electrons. The summed E-state index contributed by atoms with van der Waals surface area (Å²) < 4.78 is 4.66. The number of aromatic nitrogens is 4. The van der Waals surface area contributed by atoms with Crippen LogP contribution in [0.15, 0.2) is 9.59 Å². The van der Waals surface area contributed by atoms with Gasteiger partial charge in [0.2, 0.25) is 11.8 Å². The third-order valence-electron chi connectivity index (χ3n) is 6.08. The molecule has 2 N–H and O–H groups in total. The van der Waals surface area contributed by atoms with Gasteiger partial charge in [-0.1, -0.05) is 0 Å². The number of rotatable bonds is 4. The lowest BCUT2D eigenvalue weighted by atomic mass is 10.1. The molecule has 0 atom stereocenters. The van der Waals surface area contributed by atoms with Crippen LogP contribution in [-0.2, 0) is 20.6 Å². The highest BCUT2D eigenvalue weighted by Gasteiger charge is 2.24. The zero-order valence-corrected chi connectivity index (χ0v) is 17.5. The van der Waals surface area contributed by atoms with Crippen molar-refractivity contribution >= 4 is 22.9 Å². The molecule has 0 aliphatic carbocycles. The molecule has 2 aliphatic rings. The van der Waals surface area contributed by atoms with E-state index in [-0.39, 0.29) is 11.2 Å². The van der Waals surface area contributed by atoms with Crippen molar-refractivity contribution in [2.24, 2.45) is 14.1 Å². The number of piperidine rings is 1. The number of hydrogen-bond acceptors (Lipinski definition) is 5. The molecule has 4 rings (SSSR count). The van der Waals surface area contributed by atoms with E-state index in [1.54, 1.807) is 7.05 Å². The van der Waals surface area contributed by atoms with E-state index < -0.39 is 0 Å². The third-order valence-corrected chi connectivity index (χ3v) is 6.08. The molecule has 2 aromatic heterocycles. The van der Waals surface area contributed by atoms with Gasteiger partial charge in [0.25, 0.3) is 5.56 Å². The van der Waals surface area contributed by atoms with Gasteiger partial charge < -0.3 is 9.47 Å². The van der Waals surface area contributed by atoms with Crippen molar-refractivity contribution in [3.63, 3.8) is 0 Å². The monoisotopic (exact) mass is 402 g/mol. The molecule has 0 unspecified atom stereocenters. The van der Waals surface area contributed by atoms with Crippen LogP contribution in [0, 0.1) is 0 Å². The number of imidazole rings is 1. The SMILES string of the molecule is Cn1c(=O)c2c(nc(N3CCCCC3)n2CCNC2=[NH+]CCCCC2)n(C)c1=O. The summed E-state index contributed by atoms with van der Waals surface area (Å²) in [5.74, 6) is 1.99. The Morgan fingerprint density at radius 2 is 1.76 bits per heavy atom. The molecule has 9 nitrogen and oxygen atoms in total. The Hall–Kier alpha value is -2.58. The summed E-state index contributed by atoms with van der Waals surface area (Å²) in [6.07, 6.45) is 8.18. The van der Waals surface area contributed by atoms with Crippen LogP contribution in [-0.4, -0.2) is 50.7 Å². The second-order valence-corrected chi connectivity index (χ2v) is 8.13. The predicted octanol–water partition coefficient (Wildman–Crippen LogP) is -0.933. The van der Waals surface area contributed by atoms with Crippen LogP contribution in [0.25, 0.3) is 11.2 Å². The van der Waals surface area contributed by atoms with Crippen molar-refractivity contribution in [3.8, 4) is 0 Å². The van der Waals surface area contributed by atoms with E-state index in [1.807, 2.05) is 4.57 Å². The molecule has 1 fully saturated rings. The van der Waals surface area contributed by atoms with E-state index in [4.69, 9.17) is 4.98 Å². The maximum atomic E-state index is 13.0. The Bertz CT molecular complexity index is 1020. The number of amidine groups is 1. The summed E-state index contributed by atoms with van der Waals surface area (Å²) in [6, 6.07) is 0. The Morgan fingerprint density at radius 1 is 1.00 bits per heavy atom. The standard InChI is InChI=1S/C20H31N7O2/c1-24-17-16(18(28)25(2)20(24)29)27(19(23-17)26-12-7-4-8-13-26)14-11-22-15-9-5-3-6-10-21-15/h3-14H2,1-2H3,(H,21,22)/p+1. The van der Waals surface area contributed by atoms with E-state index in [1.165, 1.54) is 47.7 Å². The Balaban J connectivity index is 1.70. The summed E-state index contributed by atoms with van der Waals surface area (Å²) in [5.41, 5.74) is 0.363. The molecule has 2 aliphatic heterocycles. The summed E-state index contributed by atoms with van der Waals surface area (Å²) in [5, 5.41) is 3.52. The molecule has 0 aromatic carbocycles. The van der Waals surface area contributed by atoms with Gasteiger partial charge in [0, 0.05) is 33.6 Å². The molecule has 0 spiro atoms. The van der Waals surface area contributed by atoms with Gasteiger partial charge in [0.1, 0.15) is 6.54 Å². The maximum absolute atomic E-state index is 13.0. The van der Waals surface area contributed by atoms with E-state index in [0.717, 1.165) is 44.8 Å². The second kappa shape index (κ2) is 8.42. The molecule has 4 heterocycles. The predicted molar refractivity (Wildman–Crippen MR) is 114 cm³/mol. The largest absolute Gasteiger partial charge is 0.342 e. The number of nitrogens with one attached hydrogen (secondary N) is 2. The molecule has 29 heavy (non-hydrogen) atoms. The molecule has 2 aromatic rings. The fraction of sp³-hybridized carbons (Fsp3) is 0.700. The first kappa shape index (κ1) is 19.7. The average molecular weight is 403 g/mol. The van der Waals surface area contributed by atoms with Gasteiger partial charge in [-0.2, -0.15) is 4.98 Å². The molecular formula is C20H32N7O2+. The van der Waals surface area contributed by atoms with Crippen LogP contribution < -0.4 is 26.5 Å². The van der Waals surface area contributed by atoms with E-state index in [9.17, 15) is 9.59 Å². The summed E-state index contributed by atoms with van der Waals surface area (Å²) in [7, 11) is 3.22. The molecule has 9 heteroatoms. The van der Waals surface area contributed by atoms with Crippen LogP contribution >= 0.6 is 0 Å². The first-order chi connectivity index (χ1) is 14.1. The lowest BCUT2D eigenvalue weighted by Gasteiger charge is -2.28. The van der Waals surface area contributed by atoms with Crippen LogP contribution in [0.4, 0.5) is 5.95 Å². The average Bonchev–Trinajstić information content (AvgIpc) is 2.92. The topological polar surface area (TPSA) is 91.1 Å². The summed E-state index contributed by atoms with van der Waals surface area (Å²) in [6.45, 7) is 4.22. The van der Waals surface area contributed by atoms with Gasteiger partial charge in [0.05, 0.1) is 13.1 Å². The molecule has 0 saturated carbocycles. The fourth-order valence-electron chi connectivity index (χ4n) is 4.38. The highest BCUT2D eigenvalue weighted by atomic mass is 16.2. The molecule has 0 bridgehead atoms. The second-order valence-electron chi connectivity index (χ2n) is 8.13. The molecular weight excluding hydrogens is 370 g/mol. The number of hydrogen-bond donors (Lipinski definition) is 2. The Morgan fingerprint density at radius 3 is 2.55 bits per heavy atom. The zero-order valence-electron chi connectivity index (χ0n) is 17.5. The van der Waals surface area contributed by atoms with Crippen molar-refractivity contribution in [2.75, 3.05) is 31.1 Å². The lowest BCUT2D eigenvalue weighted by molar-refractivity contribution is -0.459. The third kappa shape index (κ3) is 3.82. The quantitative estimate of drug-likeness (QED) is 0.689. The minimum atomic E-state index is -0.339. The first-order valence-corrected chi connectivity index (χ1v) is 10.8. The van der Waals surface area contributed by atoms with E-state index >= 15 is 0 Å². The minimum absolute atomic E-state index is 0.279. The number of nitrogens with zero attached hydrogens (tertiary/aromatic N) is 5. The van der Waals surface area contributed by atoms with Crippen molar-refractivity contribution < 1.29 is 4.99 Å². The summed E-state index contributed by atoms with van der Waals surface area (Å²) >= 11 is 0. The number of fused-ring (bicyclic) bond motifs is 1. The zero-order chi connectivity index (χ0) is 20.4. The molecule has 0 amide bonds. The van der Waals surface area contributed by atoms with Crippen LogP contribution in [0.2, 0.25) is 0 Å². The fourth-order valence-corrected chi connectivity index (χ4v) is 4.38. The Labute approximate surface area is 170 Å². The Kier molecular flexibility index (Phi) is 5.73. The van der Waals surface area contributed by atoms with Crippen LogP contribution in [0.5, 0.6) is 0 Å². The number of anilines is 1. The van der Waals surface area contributed by atoms with Gasteiger partial charge in [-0.25, -0.2) is 4.79 Å². The number of aryl methyl sites for hydroxylation is 1. The van der Waals surface area contributed by atoms with Gasteiger partial charge >= 0.3 is 5.69 Å². The van der Waals surface area contributed by atoms with Gasteiger partial charge in [0.15, 0.2) is 11.2 Å². The van der Waals surface area contributed by atoms with Gasteiger partial charge in [-0.3, -0.25) is 24.2 Å².